The summed E-state index contributed by atoms with van der Waals surface area (Å²) in [6.07, 6.45) is 8.83. The number of para-hydroxylation sites is 3. The van der Waals surface area contributed by atoms with Crippen molar-refractivity contribution in [3.05, 3.63) is 375 Å². The number of nitrogens with zero attached hydrogens (tertiary/aromatic N) is 9. The van der Waals surface area contributed by atoms with Gasteiger partial charge < -0.3 is 70.4 Å². The molecule has 0 unspecified atom stereocenters. The number of anilines is 6. The van der Waals surface area contributed by atoms with Crippen molar-refractivity contribution in [1.82, 2.24) is 28.4 Å². The van der Waals surface area contributed by atoms with Gasteiger partial charge in [-0.05, 0) is 295 Å². The first kappa shape index (κ1) is 89.4. The Labute approximate surface area is 827 Å². The van der Waals surface area contributed by atoms with Gasteiger partial charge in [0.05, 0.1) is 33.4 Å². The molecule has 12 heterocycles. The predicted molar refractivity (Wildman–Crippen MR) is 543 cm³/mol. The van der Waals surface area contributed by atoms with E-state index >= 15 is 33.3 Å². The van der Waals surface area contributed by atoms with Crippen molar-refractivity contribution >= 4 is 77.4 Å². The van der Waals surface area contributed by atoms with Crippen LogP contribution in [0.3, 0.4) is 0 Å². The monoisotopic (exact) mass is 1920 g/mol. The van der Waals surface area contributed by atoms with E-state index in [-0.39, 0.29) is 91.2 Å². The molecule has 9 aliphatic rings. The molecular formula is C117H102N9O16P. The number of ether oxygens (including phenoxy) is 6. The fraction of sp³-hybridized carbons (Fsp3) is 0.231. The standard InChI is InChI=1S/C117H102N9O16P/c1-73-55-76-25-13-16-28-79(76)67-121(73)112(127)94-64-109-106(134-70-137-109)61-91(94)103-58-97(100-37-19-22-52-118(100)103)115(130)124(82-31-7-4-8-32-82)85-40-46-88(47-41-85)140-143(133,141-89-48-42-86(43-49-89)125(83-33-9-5-10-34-83)116(131)98-59-104(119-53-23-20-38-101(98)119)92-62-107-110(138-71-135-107)65-95(92)113(128)122-68-80-29-17-14-26-77(80)56-74(122)2)142-90-50-44-87(45-51-90)126(84-35-11-6-12-36-84)117(132)99-60-105(120-54-24-21-39-102(99)120)93-63-108-111(139-72-136-108)66-96(93)114(129)123-69-81-30-18-15-27-78(81)57-75(123)3/h4-18,25-36,40-51,58-66,73-75H,19-24,37-39,52-57,67-72H2,1-3H3/t73-,74-,75-/m1/s1. The lowest BCUT2D eigenvalue weighted by Gasteiger charge is -2.35. The van der Waals surface area contributed by atoms with Crippen molar-refractivity contribution in [3.63, 3.8) is 0 Å². The highest BCUT2D eigenvalue weighted by atomic mass is 31.2. The number of phosphoric acid groups is 1. The van der Waals surface area contributed by atoms with Crippen LogP contribution < -0.4 is 56.7 Å². The van der Waals surface area contributed by atoms with Gasteiger partial charge in [-0.15, -0.1) is 0 Å². The number of hydrogen-bond donors (Lipinski definition) is 0. The fourth-order valence-electron chi connectivity index (χ4n) is 22.2. The fourth-order valence-corrected chi connectivity index (χ4v) is 23.5. The molecule has 0 fully saturated rings. The average molecular weight is 1920 g/mol. The van der Waals surface area contributed by atoms with Crippen molar-refractivity contribution in [2.75, 3.05) is 35.1 Å². The molecule has 716 valence electrons. The molecule has 0 spiro atoms. The lowest BCUT2D eigenvalue weighted by molar-refractivity contribution is 0.0651. The molecule has 15 aromatic rings. The lowest BCUT2D eigenvalue weighted by Crippen LogP contribution is -2.42. The first-order chi connectivity index (χ1) is 69.9. The van der Waals surface area contributed by atoms with Gasteiger partial charge >= 0.3 is 7.82 Å². The Kier molecular flexibility index (Phi) is 23.2. The summed E-state index contributed by atoms with van der Waals surface area (Å²) in [6, 6.07) is 88.9. The van der Waals surface area contributed by atoms with Crippen molar-refractivity contribution in [2.24, 2.45) is 0 Å². The van der Waals surface area contributed by atoms with Crippen molar-refractivity contribution in [3.8, 4) is 85.5 Å². The molecule has 143 heavy (non-hydrogen) atoms. The lowest BCUT2D eigenvalue weighted by atomic mass is 9.93. The van der Waals surface area contributed by atoms with Crippen LogP contribution in [-0.2, 0) is 82.4 Å². The zero-order valence-electron chi connectivity index (χ0n) is 79.3. The van der Waals surface area contributed by atoms with E-state index in [4.69, 9.17) is 42.0 Å². The number of aromatic nitrogens is 3. The Morgan fingerprint density at radius 3 is 0.804 bits per heavy atom. The van der Waals surface area contributed by atoms with Crippen molar-refractivity contribution in [1.29, 1.82) is 0 Å². The maximum atomic E-state index is 16.6. The molecule has 0 saturated carbocycles. The van der Waals surface area contributed by atoms with Gasteiger partial charge in [0.1, 0.15) is 17.2 Å². The average Bonchev–Trinajstić information content (AvgIpc) is 1.60. The molecule has 6 amide bonds. The number of rotatable bonds is 21. The first-order valence-corrected chi connectivity index (χ1v) is 50.7. The van der Waals surface area contributed by atoms with Gasteiger partial charge in [-0.2, -0.15) is 4.57 Å². The number of phosphoric ester groups is 1. The summed E-state index contributed by atoms with van der Waals surface area (Å²) >= 11 is 0. The molecule has 24 rings (SSSR count). The molecule has 26 heteroatoms. The van der Waals surface area contributed by atoms with E-state index < -0.39 is 7.82 Å². The number of benzene rings is 12. The SMILES string of the molecule is C[C@@H]1Cc2ccccc2CN1C(=O)c1cc2c(cc1-c1cc(C(=O)N(c3ccccc3)c3ccc(OP(=O)(Oc4ccc(N(C(=O)c5cc(-c6cc7c(cc6C(=O)N6Cc8ccccc8C[C@H]6C)OCO7)n6c5CCCC6)c5ccccc5)cc4)Oc4ccc(N(C(=O)c5cc(-c6cc7c(cc6C(=O)N6Cc8ccccc8C[C@H]6C)OCO7)n6c5CCCC6)c5ccccc5)cc4)cc3)c3n1CCCC3)OCO2. The van der Waals surface area contributed by atoms with Crippen LogP contribution in [0.4, 0.5) is 34.1 Å². The van der Waals surface area contributed by atoms with E-state index in [0.29, 0.717) is 214 Å². The third-order valence-electron chi connectivity index (χ3n) is 29.4. The Hall–Kier alpha value is -16.3. The maximum Gasteiger partial charge on any atom is 0.647 e. The van der Waals surface area contributed by atoms with Crippen LogP contribution in [-0.4, -0.2) is 102 Å². The first-order valence-electron chi connectivity index (χ1n) is 49.2. The molecule has 25 nitrogen and oxygen atoms in total. The minimum absolute atomic E-state index is 0.00597. The van der Waals surface area contributed by atoms with Gasteiger partial charge in [0, 0.05) is 142 Å². The summed E-state index contributed by atoms with van der Waals surface area (Å²) in [5, 5.41) is 0. The Bertz CT molecular complexity index is 6940. The summed E-state index contributed by atoms with van der Waals surface area (Å²) in [5.74, 6) is 1.49. The molecule has 0 N–H and O–H groups in total. The van der Waals surface area contributed by atoms with Crippen LogP contribution in [0, 0.1) is 0 Å². The number of carbonyl (C=O) groups excluding carboxylic acids is 6. The second-order valence-electron chi connectivity index (χ2n) is 38.1. The van der Waals surface area contributed by atoms with Crippen LogP contribution in [0.25, 0.3) is 33.8 Å². The second-order valence-corrected chi connectivity index (χ2v) is 39.6. The van der Waals surface area contributed by atoms with Gasteiger partial charge in [0.25, 0.3) is 35.4 Å². The van der Waals surface area contributed by atoms with E-state index in [2.05, 4.69) is 70.9 Å². The minimum atomic E-state index is -5.01. The van der Waals surface area contributed by atoms with E-state index in [0.717, 1.165) is 72.3 Å². The Balaban J connectivity index is 0.573. The topological polar surface area (TPSA) is 237 Å². The van der Waals surface area contributed by atoms with Crippen LogP contribution in [0.5, 0.6) is 51.7 Å². The molecular weight excluding hydrogens is 1820 g/mol. The summed E-state index contributed by atoms with van der Waals surface area (Å²) in [7, 11) is -5.01. The molecule has 9 aliphatic heterocycles. The zero-order valence-corrected chi connectivity index (χ0v) is 80.2. The van der Waals surface area contributed by atoms with Crippen molar-refractivity contribution < 1.29 is 75.3 Å². The van der Waals surface area contributed by atoms with Crippen molar-refractivity contribution in [2.45, 2.75) is 155 Å². The summed E-state index contributed by atoms with van der Waals surface area (Å²) in [6.45, 7) is 9.27. The van der Waals surface area contributed by atoms with E-state index in [1.165, 1.54) is 16.7 Å². The number of hydrogen-bond acceptors (Lipinski definition) is 16. The van der Waals surface area contributed by atoms with Gasteiger partial charge in [-0.3, -0.25) is 43.5 Å². The number of amides is 6. The summed E-state index contributed by atoms with van der Waals surface area (Å²) < 4.78 is 79.1. The number of fused-ring (bicyclic) bond motifs is 9. The maximum absolute atomic E-state index is 16.6. The van der Waals surface area contributed by atoms with E-state index in [1.807, 2.05) is 178 Å². The third kappa shape index (κ3) is 16.6. The molecule has 12 aromatic carbocycles. The highest BCUT2D eigenvalue weighted by Gasteiger charge is 2.42. The van der Waals surface area contributed by atoms with Gasteiger partial charge in [-0.25, -0.2) is 0 Å². The minimum Gasteiger partial charge on any atom is -0.454 e. The molecule has 0 radical (unpaired) electrons. The summed E-state index contributed by atoms with van der Waals surface area (Å²) in [5.41, 5.74) is 18.9. The highest BCUT2D eigenvalue weighted by molar-refractivity contribution is 7.49. The van der Waals surface area contributed by atoms with Gasteiger partial charge in [0.2, 0.25) is 20.4 Å². The smallest absolute Gasteiger partial charge is 0.454 e. The molecule has 0 saturated heterocycles. The molecule has 0 bridgehead atoms. The highest BCUT2D eigenvalue weighted by Crippen LogP contribution is 2.54. The van der Waals surface area contributed by atoms with Gasteiger partial charge in [-0.1, -0.05) is 127 Å². The second kappa shape index (κ2) is 37.1. The van der Waals surface area contributed by atoms with E-state index in [9.17, 15) is 0 Å². The normalized spacial score (nSPS) is 16.6. The van der Waals surface area contributed by atoms with E-state index in [1.54, 1.807) is 106 Å². The largest absolute Gasteiger partial charge is 0.647 e. The van der Waals surface area contributed by atoms with Crippen LogP contribution in [0.1, 0.15) is 172 Å². The Morgan fingerprint density at radius 2 is 0.531 bits per heavy atom. The van der Waals surface area contributed by atoms with Crippen LogP contribution in [0.15, 0.2) is 291 Å². The van der Waals surface area contributed by atoms with Crippen LogP contribution >= 0.6 is 7.82 Å². The quantitative estimate of drug-likeness (QED) is 0.0608. The summed E-state index contributed by atoms with van der Waals surface area (Å²) in [4.78, 5) is 105. The molecule has 0 aliphatic carbocycles. The number of carbonyl (C=O) groups is 6. The molecule has 3 atom stereocenters. The molecule has 3 aromatic heterocycles. The van der Waals surface area contributed by atoms with Gasteiger partial charge in [0.15, 0.2) is 34.5 Å². The predicted octanol–water partition coefficient (Wildman–Crippen LogP) is 23.6. The Morgan fingerprint density at radius 1 is 0.287 bits per heavy atom. The zero-order chi connectivity index (χ0) is 96.8. The third-order valence-corrected chi connectivity index (χ3v) is 30.7. The van der Waals surface area contributed by atoms with Crippen LogP contribution in [0.2, 0.25) is 0 Å².